The van der Waals surface area contributed by atoms with E-state index in [1.54, 1.807) is 0 Å². The van der Waals surface area contributed by atoms with Crippen molar-refractivity contribution in [1.82, 2.24) is 10.2 Å². The van der Waals surface area contributed by atoms with E-state index in [1.807, 2.05) is 20.9 Å². The fraction of sp³-hybridized carbons (Fsp3) is 0.556. The number of halogens is 1. The average molecular weight is 335 g/mol. The van der Waals surface area contributed by atoms with Gasteiger partial charge >= 0.3 is 0 Å². The molecule has 0 aromatic heterocycles. The van der Waals surface area contributed by atoms with Crippen molar-refractivity contribution < 1.29 is 14.0 Å². The van der Waals surface area contributed by atoms with E-state index in [1.165, 1.54) is 18.2 Å². The molecule has 0 bridgehead atoms. The first-order valence-electron chi connectivity index (χ1n) is 8.44. The maximum absolute atomic E-state index is 14.1. The number of likely N-dealkylation sites (N-methyl/N-ethyl adjacent to an activating group) is 1. The van der Waals surface area contributed by atoms with E-state index in [0.29, 0.717) is 6.42 Å². The maximum atomic E-state index is 14.1. The number of nitrogens with zero attached hydrogens (tertiary/aromatic N) is 1. The summed E-state index contributed by atoms with van der Waals surface area (Å²) in [5.41, 5.74) is 0.372. The molecule has 0 spiro atoms. The lowest BCUT2D eigenvalue weighted by Gasteiger charge is -2.30. The summed E-state index contributed by atoms with van der Waals surface area (Å²) >= 11 is 0. The molecule has 0 unspecified atom stereocenters. The molecule has 1 fully saturated rings. The second-order valence-electron chi connectivity index (χ2n) is 6.92. The Morgan fingerprint density at radius 2 is 2.12 bits per heavy atom. The van der Waals surface area contributed by atoms with Crippen molar-refractivity contribution in [2.45, 2.75) is 39.2 Å². The summed E-state index contributed by atoms with van der Waals surface area (Å²) in [6.07, 6.45) is 2.30. The zero-order chi connectivity index (χ0) is 17.7. The highest BCUT2D eigenvalue weighted by Gasteiger charge is 2.20. The zero-order valence-corrected chi connectivity index (χ0v) is 14.6. The minimum absolute atomic E-state index is 0.0877. The van der Waals surface area contributed by atoms with Gasteiger partial charge in [-0.2, -0.15) is 0 Å². The predicted molar refractivity (Wildman–Crippen MR) is 92.5 cm³/mol. The van der Waals surface area contributed by atoms with E-state index in [9.17, 15) is 14.0 Å². The zero-order valence-electron chi connectivity index (χ0n) is 14.6. The van der Waals surface area contributed by atoms with E-state index in [0.717, 1.165) is 25.9 Å². The molecule has 1 aliphatic rings. The van der Waals surface area contributed by atoms with Gasteiger partial charge in [0.1, 0.15) is 5.82 Å². The number of carbonyl (C=O) groups excluding carboxylic acids is 2. The minimum Gasteiger partial charge on any atom is -0.348 e. The normalized spacial score (nSPS) is 18.5. The molecule has 24 heavy (non-hydrogen) atoms. The van der Waals surface area contributed by atoms with Crippen LogP contribution in [0.5, 0.6) is 0 Å². The van der Waals surface area contributed by atoms with Gasteiger partial charge in [-0.25, -0.2) is 4.39 Å². The number of amides is 2. The molecular formula is C18H26FN3O2. The Balaban J connectivity index is 1.97. The molecule has 1 atom stereocenters. The molecule has 1 aromatic carbocycles. The molecule has 1 saturated heterocycles. The lowest BCUT2D eigenvalue weighted by Crippen LogP contribution is -2.46. The van der Waals surface area contributed by atoms with E-state index in [4.69, 9.17) is 0 Å². The Kier molecular flexibility index (Phi) is 6.31. The van der Waals surface area contributed by atoms with Crippen LogP contribution >= 0.6 is 0 Å². The monoisotopic (exact) mass is 335 g/mol. The molecule has 1 aromatic rings. The molecule has 5 nitrogen and oxygen atoms in total. The van der Waals surface area contributed by atoms with Crippen molar-refractivity contribution in [3.8, 4) is 0 Å². The van der Waals surface area contributed by atoms with Gasteiger partial charge in [0.05, 0.1) is 5.69 Å². The van der Waals surface area contributed by atoms with Crippen LogP contribution in [0.15, 0.2) is 18.2 Å². The van der Waals surface area contributed by atoms with Crippen molar-refractivity contribution in [2.75, 3.05) is 25.5 Å². The summed E-state index contributed by atoms with van der Waals surface area (Å²) in [5.74, 6) is -0.909. The molecule has 0 saturated carbocycles. The number of hydrogen-bond donors (Lipinski definition) is 2. The Hall–Kier alpha value is -1.95. The van der Waals surface area contributed by atoms with Crippen LogP contribution in [0.1, 0.15) is 43.5 Å². The Morgan fingerprint density at radius 3 is 2.75 bits per heavy atom. The number of anilines is 1. The predicted octanol–water partition coefficient (Wildman–Crippen LogP) is 2.63. The van der Waals surface area contributed by atoms with Crippen LogP contribution in [-0.2, 0) is 4.79 Å². The number of hydrogen-bond acceptors (Lipinski definition) is 3. The summed E-state index contributed by atoms with van der Waals surface area (Å²) in [7, 11) is 2.02. The fourth-order valence-electron chi connectivity index (χ4n) is 2.88. The molecule has 1 aliphatic heterocycles. The van der Waals surface area contributed by atoms with Crippen LogP contribution in [0.2, 0.25) is 0 Å². The summed E-state index contributed by atoms with van der Waals surface area (Å²) in [6.45, 7) is 5.68. The third-order valence-corrected chi connectivity index (χ3v) is 4.06. The Bertz CT molecular complexity index is 604. The van der Waals surface area contributed by atoms with Gasteiger partial charge < -0.3 is 15.5 Å². The third kappa shape index (κ3) is 5.30. The highest BCUT2D eigenvalue weighted by atomic mass is 19.1. The van der Waals surface area contributed by atoms with Crippen molar-refractivity contribution >= 4 is 17.5 Å². The lowest BCUT2D eigenvalue weighted by molar-refractivity contribution is -0.116. The van der Waals surface area contributed by atoms with Crippen LogP contribution in [0.4, 0.5) is 10.1 Å². The van der Waals surface area contributed by atoms with Gasteiger partial charge in [-0.15, -0.1) is 0 Å². The topological polar surface area (TPSA) is 61.4 Å². The van der Waals surface area contributed by atoms with Crippen molar-refractivity contribution in [1.29, 1.82) is 0 Å². The molecule has 2 amide bonds. The smallest absolute Gasteiger partial charge is 0.251 e. The van der Waals surface area contributed by atoms with Crippen LogP contribution in [0.3, 0.4) is 0 Å². The number of likely N-dealkylation sites (tertiary alicyclic amines) is 1. The van der Waals surface area contributed by atoms with Gasteiger partial charge in [-0.05, 0) is 50.6 Å². The largest absolute Gasteiger partial charge is 0.348 e. The SMILES string of the molecule is CC(C)CC(=O)Nc1ccc(C(=O)N[C@@H]2CCCN(C)C2)cc1F. The summed E-state index contributed by atoms with van der Waals surface area (Å²) in [5, 5.41) is 5.49. The van der Waals surface area contributed by atoms with Crippen molar-refractivity contribution in [3.63, 3.8) is 0 Å². The van der Waals surface area contributed by atoms with E-state index < -0.39 is 5.82 Å². The van der Waals surface area contributed by atoms with Gasteiger partial charge in [-0.3, -0.25) is 9.59 Å². The standard InChI is InChI=1S/C18H26FN3O2/c1-12(2)9-17(23)21-16-7-6-13(10-15(16)19)18(24)20-14-5-4-8-22(3)11-14/h6-7,10,12,14H,4-5,8-9,11H2,1-3H3,(H,20,24)(H,21,23)/t14-/m1/s1. The highest BCUT2D eigenvalue weighted by Crippen LogP contribution is 2.17. The van der Waals surface area contributed by atoms with Crippen LogP contribution < -0.4 is 10.6 Å². The van der Waals surface area contributed by atoms with E-state index in [2.05, 4.69) is 15.5 Å². The van der Waals surface area contributed by atoms with Crippen LogP contribution in [0, 0.1) is 11.7 Å². The third-order valence-electron chi connectivity index (χ3n) is 4.06. The van der Waals surface area contributed by atoms with Gasteiger partial charge in [0, 0.05) is 24.6 Å². The van der Waals surface area contributed by atoms with Gasteiger partial charge in [-0.1, -0.05) is 13.8 Å². The number of nitrogens with one attached hydrogen (secondary N) is 2. The fourth-order valence-corrected chi connectivity index (χ4v) is 2.88. The first-order valence-corrected chi connectivity index (χ1v) is 8.44. The van der Waals surface area contributed by atoms with Crippen LogP contribution in [0.25, 0.3) is 0 Å². The summed E-state index contributed by atoms with van der Waals surface area (Å²) in [4.78, 5) is 26.2. The Morgan fingerprint density at radius 1 is 1.38 bits per heavy atom. The summed E-state index contributed by atoms with van der Waals surface area (Å²) < 4.78 is 14.1. The number of piperidine rings is 1. The molecule has 2 N–H and O–H groups in total. The number of carbonyl (C=O) groups is 2. The minimum atomic E-state index is -0.597. The molecule has 0 aliphatic carbocycles. The summed E-state index contributed by atoms with van der Waals surface area (Å²) in [6, 6.07) is 4.24. The van der Waals surface area contributed by atoms with Gasteiger partial charge in [0.2, 0.25) is 5.91 Å². The lowest BCUT2D eigenvalue weighted by atomic mass is 10.1. The van der Waals surface area contributed by atoms with E-state index in [-0.39, 0.29) is 35.0 Å². The molecule has 6 heteroatoms. The van der Waals surface area contributed by atoms with E-state index >= 15 is 0 Å². The van der Waals surface area contributed by atoms with Gasteiger partial charge in [0.25, 0.3) is 5.91 Å². The molecule has 2 rings (SSSR count). The van der Waals surface area contributed by atoms with Crippen LogP contribution in [-0.4, -0.2) is 42.9 Å². The molecule has 1 heterocycles. The number of rotatable bonds is 5. The maximum Gasteiger partial charge on any atom is 0.251 e. The second kappa shape index (κ2) is 8.24. The Labute approximate surface area is 142 Å². The quantitative estimate of drug-likeness (QED) is 0.869. The second-order valence-corrected chi connectivity index (χ2v) is 6.92. The highest BCUT2D eigenvalue weighted by molar-refractivity contribution is 5.96. The van der Waals surface area contributed by atoms with Crippen molar-refractivity contribution in [3.05, 3.63) is 29.6 Å². The molecule has 132 valence electrons. The molecular weight excluding hydrogens is 309 g/mol. The first kappa shape index (κ1) is 18.4. The average Bonchev–Trinajstić information content (AvgIpc) is 2.48. The van der Waals surface area contributed by atoms with Crippen molar-refractivity contribution in [2.24, 2.45) is 5.92 Å². The van der Waals surface area contributed by atoms with Gasteiger partial charge in [0.15, 0.2) is 0 Å². The first-order chi connectivity index (χ1) is 11.3. The molecule has 0 radical (unpaired) electrons. The number of benzene rings is 1.